The minimum absolute atomic E-state index is 0.0292. The molecule has 25 heavy (non-hydrogen) atoms. The first-order valence-electron chi connectivity index (χ1n) is 8.19. The van der Waals surface area contributed by atoms with Crippen LogP contribution in [0.3, 0.4) is 0 Å². The van der Waals surface area contributed by atoms with Gasteiger partial charge in [0.25, 0.3) is 0 Å². The van der Waals surface area contributed by atoms with Crippen molar-refractivity contribution >= 4 is 38.5 Å². The van der Waals surface area contributed by atoms with E-state index in [4.69, 9.17) is 5.73 Å². The molecule has 1 fully saturated rings. The van der Waals surface area contributed by atoms with Gasteiger partial charge in [-0.1, -0.05) is 17.4 Å². The maximum atomic E-state index is 12.7. The second kappa shape index (κ2) is 6.97. The highest BCUT2D eigenvalue weighted by Crippen LogP contribution is 2.25. The smallest absolute Gasteiger partial charge is 0.241 e. The zero-order valence-corrected chi connectivity index (χ0v) is 15.5. The van der Waals surface area contributed by atoms with E-state index in [0.717, 1.165) is 15.8 Å². The first-order valence-corrected chi connectivity index (χ1v) is 9.01. The number of nitrogens with two attached hydrogens (primary N) is 1. The van der Waals surface area contributed by atoms with Crippen molar-refractivity contribution in [2.45, 2.75) is 12.5 Å². The van der Waals surface area contributed by atoms with Crippen molar-refractivity contribution in [3.63, 3.8) is 0 Å². The summed E-state index contributed by atoms with van der Waals surface area (Å²) in [5.41, 5.74) is 7.53. The number of amides is 2. The number of nitrogen functional groups attached to an aromatic ring is 1. The summed E-state index contributed by atoms with van der Waals surface area (Å²) in [6.45, 7) is 1.77. The molecular weight excluding hydrogens is 338 g/mol. The van der Waals surface area contributed by atoms with Crippen LogP contribution in [0.15, 0.2) is 18.2 Å². The molecule has 0 bridgehead atoms. The summed E-state index contributed by atoms with van der Waals surface area (Å²) >= 11 is 1.42. The third-order valence-electron chi connectivity index (χ3n) is 4.55. The van der Waals surface area contributed by atoms with E-state index in [9.17, 15) is 9.59 Å². The average Bonchev–Trinajstić information content (AvgIpc) is 2.93. The van der Waals surface area contributed by atoms with Gasteiger partial charge in [0.15, 0.2) is 5.13 Å². The van der Waals surface area contributed by atoms with Crippen LogP contribution in [0.1, 0.15) is 5.56 Å². The molecule has 1 unspecified atom stereocenters. The number of piperazine rings is 1. The van der Waals surface area contributed by atoms with Gasteiger partial charge in [0.1, 0.15) is 6.04 Å². The number of rotatable bonds is 3. The van der Waals surface area contributed by atoms with E-state index in [1.807, 2.05) is 30.1 Å². The van der Waals surface area contributed by atoms with Crippen molar-refractivity contribution < 1.29 is 9.59 Å². The van der Waals surface area contributed by atoms with Crippen LogP contribution in [0.4, 0.5) is 5.13 Å². The van der Waals surface area contributed by atoms with Gasteiger partial charge < -0.3 is 15.5 Å². The highest BCUT2D eigenvalue weighted by Gasteiger charge is 2.32. The summed E-state index contributed by atoms with van der Waals surface area (Å²) in [4.78, 5) is 34.6. The van der Waals surface area contributed by atoms with Gasteiger partial charge in [-0.15, -0.1) is 0 Å². The molecule has 8 heteroatoms. The summed E-state index contributed by atoms with van der Waals surface area (Å²) in [6.07, 6.45) is 0.320. The molecule has 0 saturated carbocycles. The van der Waals surface area contributed by atoms with Crippen LogP contribution in [-0.2, 0) is 16.0 Å². The lowest BCUT2D eigenvalue weighted by molar-refractivity contribution is -0.141. The highest BCUT2D eigenvalue weighted by molar-refractivity contribution is 7.22. The molecule has 2 N–H and O–H groups in total. The number of thiazole rings is 1. The van der Waals surface area contributed by atoms with Crippen molar-refractivity contribution in [3.8, 4) is 0 Å². The average molecular weight is 361 g/mol. The molecule has 1 aliphatic heterocycles. The summed E-state index contributed by atoms with van der Waals surface area (Å²) < 4.78 is 0.988. The summed E-state index contributed by atoms with van der Waals surface area (Å²) in [5, 5.41) is 0.530. The summed E-state index contributed by atoms with van der Waals surface area (Å²) in [6, 6.07) is 5.50. The van der Waals surface area contributed by atoms with E-state index in [1.165, 1.54) is 11.3 Å². The lowest BCUT2D eigenvalue weighted by atomic mass is 10.1. The fraction of sp³-hybridized carbons (Fsp3) is 0.471. The molecule has 3 rings (SSSR count). The Morgan fingerprint density at radius 2 is 2.12 bits per heavy atom. The first kappa shape index (κ1) is 17.6. The Labute approximate surface area is 151 Å². The lowest BCUT2D eigenvalue weighted by Gasteiger charge is -2.39. The van der Waals surface area contributed by atoms with Gasteiger partial charge in [0.2, 0.25) is 11.8 Å². The first-order chi connectivity index (χ1) is 11.8. The van der Waals surface area contributed by atoms with Gasteiger partial charge in [-0.3, -0.25) is 14.5 Å². The van der Waals surface area contributed by atoms with Crippen LogP contribution in [0, 0.1) is 0 Å². The minimum Gasteiger partial charge on any atom is -0.375 e. The molecule has 0 spiro atoms. The number of hydrogen-bond donors (Lipinski definition) is 1. The normalized spacial score (nSPS) is 18.5. The Hall–Kier alpha value is -2.19. The number of carbonyl (C=O) groups excluding carboxylic acids is 2. The number of likely N-dealkylation sites (N-methyl/N-ethyl adjacent to an activating group) is 2. The van der Waals surface area contributed by atoms with Crippen molar-refractivity contribution in [2.24, 2.45) is 0 Å². The Balaban J connectivity index is 1.70. The maximum absolute atomic E-state index is 12.7. The third-order valence-corrected chi connectivity index (χ3v) is 5.40. The fourth-order valence-corrected chi connectivity index (χ4v) is 3.85. The second-order valence-electron chi connectivity index (χ2n) is 6.60. The fourth-order valence-electron chi connectivity index (χ4n) is 3.05. The molecular formula is C17H23N5O2S. The lowest BCUT2D eigenvalue weighted by Crippen LogP contribution is -2.58. The molecule has 0 radical (unpaired) electrons. The topological polar surface area (TPSA) is 82.8 Å². The molecule has 1 atom stereocenters. The molecule has 1 aromatic carbocycles. The molecule has 1 aliphatic rings. The van der Waals surface area contributed by atoms with E-state index in [1.54, 1.807) is 23.9 Å². The summed E-state index contributed by atoms with van der Waals surface area (Å²) in [7, 11) is 5.41. The number of carbonyl (C=O) groups is 2. The Morgan fingerprint density at radius 3 is 2.84 bits per heavy atom. The zero-order valence-electron chi connectivity index (χ0n) is 14.7. The molecule has 1 saturated heterocycles. The van der Waals surface area contributed by atoms with Gasteiger partial charge >= 0.3 is 0 Å². The second-order valence-corrected chi connectivity index (χ2v) is 7.66. The molecule has 134 valence electrons. The number of hydrogen-bond acceptors (Lipinski definition) is 6. The van der Waals surface area contributed by atoms with E-state index in [2.05, 4.69) is 4.98 Å². The Bertz CT molecular complexity index is 803. The maximum Gasteiger partial charge on any atom is 0.241 e. The molecule has 2 aromatic rings. The van der Waals surface area contributed by atoms with Crippen LogP contribution in [0.25, 0.3) is 10.2 Å². The van der Waals surface area contributed by atoms with E-state index in [-0.39, 0.29) is 17.9 Å². The Kier molecular flexibility index (Phi) is 4.91. The molecule has 2 heterocycles. The van der Waals surface area contributed by atoms with Crippen molar-refractivity contribution in [1.29, 1.82) is 0 Å². The zero-order chi connectivity index (χ0) is 18.1. The predicted octanol–water partition coefficient (Wildman–Crippen LogP) is 0.652. The van der Waals surface area contributed by atoms with Crippen molar-refractivity contribution in [2.75, 3.05) is 46.5 Å². The minimum atomic E-state index is -0.281. The molecule has 7 nitrogen and oxygen atoms in total. The van der Waals surface area contributed by atoms with Crippen LogP contribution < -0.4 is 5.73 Å². The van der Waals surface area contributed by atoms with Gasteiger partial charge in [0, 0.05) is 33.7 Å². The van der Waals surface area contributed by atoms with Gasteiger partial charge in [0.05, 0.1) is 16.6 Å². The number of anilines is 1. The number of fused-ring (bicyclic) bond motifs is 1. The van der Waals surface area contributed by atoms with Crippen LogP contribution in [0.2, 0.25) is 0 Å². The van der Waals surface area contributed by atoms with E-state index < -0.39 is 0 Å². The third kappa shape index (κ3) is 3.74. The molecule has 0 aliphatic carbocycles. The van der Waals surface area contributed by atoms with Gasteiger partial charge in [-0.05, 0) is 24.7 Å². The Morgan fingerprint density at radius 1 is 1.36 bits per heavy atom. The summed E-state index contributed by atoms with van der Waals surface area (Å²) in [5.74, 6) is 0.0723. The largest absolute Gasteiger partial charge is 0.375 e. The van der Waals surface area contributed by atoms with E-state index in [0.29, 0.717) is 31.2 Å². The number of aromatic nitrogens is 1. The number of nitrogens with zero attached hydrogens (tertiary/aromatic N) is 4. The predicted molar refractivity (Wildman–Crippen MR) is 99.4 cm³/mol. The van der Waals surface area contributed by atoms with Crippen molar-refractivity contribution in [1.82, 2.24) is 19.7 Å². The SMILES string of the molecule is CN(C)C(=O)C1CN(C(=O)Cc2ccc3nc(N)sc3c2)CCN1C. The molecule has 2 amide bonds. The standard InChI is InChI=1S/C17H23N5O2S/c1-20(2)16(24)13-10-22(7-6-21(13)3)15(23)9-11-4-5-12-14(8-11)25-17(18)19-12/h4-5,8,13H,6-7,9-10H2,1-3H3,(H2,18,19). The van der Waals surface area contributed by atoms with Gasteiger partial charge in [-0.25, -0.2) is 4.98 Å². The molecule has 1 aromatic heterocycles. The van der Waals surface area contributed by atoms with Gasteiger partial charge in [-0.2, -0.15) is 0 Å². The van der Waals surface area contributed by atoms with E-state index >= 15 is 0 Å². The van der Waals surface area contributed by atoms with Crippen LogP contribution >= 0.6 is 11.3 Å². The monoisotopic (exact) mass is 361 g/mol. The van der Waals surface area contributed by atoms with Crippen LogP contribution in [-0.4, -0.2) is 78.3 Å². The quantitative estimate of drug-likeness (QED) is 0.868. The van der Waals surface area contributed by atoms with Crippen LogP contribution in [0.5, 0.6) is 0 Å². The highest BCUT2D eigenvalue weighted by atomic mass is 32.1. The van der Waals surface area contributed by atoms with Crippen molar-refractivity contribution in [3.05, 3.63) is 23.8 Å². The number of benzene rings is 1.